The number of fused-ring (bicyclic) bond motifs is 1. The van der Waals surface area contributed by atoms with Gasteiger partial charge in [0.05, 0.1) is 0 Å². The third kappa shape index (κ3) is 2.70. The maximum Gasteiger partial charge on any atom is 0.137 e. The van der Waals surface area contributed by atoms with Crippen LogP contribution in [-0.4, -0.2) is 12.7 Å². The molecule has 1 aliphatic rings. The van der Waals surface area contributed by atoms with Gasteiger partial charge in [-0.05, 0) is 42.8 Å². The fourth-order valence-corrected chi connectivity index (χ4v) is 2.26. The van der Waals surface area contributed by atoms with Crippen molar-refractivity contribution in [1.82, 2.24) is 0 Å². The lowest BCUT2D eigenvalue weighted by molar-refractivity contribution is 0.148. The van der Waals surface area contributed by atoms with E-state index < -0.39 is 0 Å². The molecule has 0 bridgehead atoms. The van der Waals surface area contributed by atoms with Crippen molar-refractivity contribution in [2.75, 3.05) is 6.61 Å². The average molecular weight is 258 g/mol. The van der Waals surface area contributed by atoms with E-state index in [2.05, 4.69) is 13.0 Å². The highest BCUT2D eigenvalue weighted by atomic mass is 19.1. The maximum absolute atomic E-state index is 12.8. The zero-order valence-electron chi connectivity index (χ0n) is 10.7. The van der Waals surface area contributed by atoms with Gasteiger partial charge in [0, 0.05) is 6.42 Å². The highest BCUT2D eigenvalue weighted by molar-refractivity contribution is 5.40. The summed E-state index contributed by atoms with van der Waals surface area (Å²) in [7, 11) is 0. The molecule has 0 fully saturated rings. The molecule has 0 aliphatic carbocycles. The van der Waals surface area contributed by atoms with Crippen molar-refractivity contribution in [3.8, 4) is 11.5 Å². The van der Waals surface area contributed by atoms with Crippen LogP contribution in [0.5, 0.6) is 11.5 Å². The lowest BCUT2D eigenvalue weighted by Crippen LogP contribution is -2.22. The Morgan fingerprint density at radius 3 is 2.79 bits per heavy atom. The molecule has 1 unspecified atom stereocenters. The summed E-state index contributed by atoms with van der Waals surface area (Å²) in [5.74, 6) is 1.35. The Balaban J connectivity index is 1.60. The van der Waals surface area contributed by atoms with Crippen LogP contribution in [-0.2, 0) is 6.42 Å². The van der Waals surface area contributed by atoms with E-state index in [9.17, 15) is 4.39 Å². The van der Waals surface area contributed by atoms with Gasteiger partial charge in [0.25, 0.3) is 0 Å². The fourth-order valence-electron chi connectivity index (χ4n) is 2.26. The molecule has 0 saturated heterocycles. The van der Waals surface area contributed by atoms with Gasteiger partial charge in [-0.15, -0.1) is 0 Å². The van der Waals surface area contributed by atoms with Gasteiger partial charge in [0.2, 0.25) is 0 Å². The van der Waals surface area contributed by atoms with Crippen LogP contribution in [0.15, 0.2) is 42.5 Å². The van der Waals surface area contributed by atoms with Gasteiger partial charge in [-0.25, -0.2) is 4.39 Å². The number of rotatable bonds is 3. The van der Waals surface area contributed by atoms with Crippen molar-refractivity contribution in [2.45, 2.75) is 19.4 Å². The summed E-state index contributed by atoms with van der Waals surface area (Å²) < 4.78 is 24.2. The minimum Gasteiger partial charge on any atom is -0.490 e. The zero-order valence-corrected chi connectivity index (χ0v) is 10.7. The Morgan fingerprint density at radius 2 is 2.00 bits per heavy atom. The SMILES string of the molecule is Cc1ccc2c(c1)CC(COc1ccc(F)cc1)O2. The molecule has 3 rings (SSSR count). The van der Waals surface area contributed by atoms with Gasteiger partial charge in [-0.1, -0.05) is 17.7 Å². The highest BCUT2D eigenvalue weighted by Gasteiger charge is 2.23. The van der Waals surface area contributed by atoms with Gasteiger partial charge in [-0.2, -0.15) is 0 Å². The first kappa shape index (κ1) is 12.0. The van der Waals surface area contributed by atoms with Crippen LogP contribution >= 0.6 is 0 Å². The van der Waals surface area contributed by atoms with Crippen LogP contribution in [0.1, 0.15) is 11.1 Å². The molecule has 19 heavy (non-hydrogen) atoms. The predicted octanol–water partition coefficient (Wildman–Crippen LogP) is 3.52. The average Bonchev–Trinajstić information content (AvgIpc) is 2.80. The molecule has 1 atom stereocenters. The molecule has 98 valence electrons. The first-order chi connectivity index (χ1) is 9.20. The standard InChI is InChI=1S/C16H15FO2/c1-11-2-7-16-12(8-11)9-15(19-16)10-18-14-5-3-13(17)4-6-14/h2-8,15H,9-10H2,1H3. The van der Waals surface area contributed by atoms with E-state index in [-0.39, 0.29) is 11.9 Å². The second kappa shape index (κ2) is 4.92. The fraction of sp³-hybridized carbons (Fsp3) is 0.250. The number of hydrogen-bond acceptors (Lipinski definition) is 2. The normalized spacial score (nSPS) is 16.8. The summed E-state index contributed by atoms with van der Waals surface area (Å²) in [6.07, 6.45) is 0.889. The molecule has 1 heterocycles. The largest absolute Gasteiger partial charge is 0.490 e. The van der Waals surface area contributed by atoms with Crippen molar-refractivity contribution in [1.29, 1.82) is 0 Å². The van der Waals surface area contributed by atoms with Gasteiger partial charge in [0.1, 0.15) is 30.0 Å². The van der Waals surface area contributed by atoms with Crippen molar-refractivity contribution >= 4 is 0 Å². The Hall–Kier alpha value is -2.03. The van der Waals surface area contributed by atoms with Crippen molar-refractivity contribution in [2.24, 2.45) is 0 Å². The number of benzene rings is 2. The van der Waals surface area contributed by atoms with E-state index in [4.69, 9.17) is 9.47 Å². The smallest absolute Gasteiger partial charge is 0.137 e. The lowest BCUT2D eigenvalue weighted by atomic mass is 10.1. The molecule has 1 aliphatic heterocycles. The van der Waals surface area contributed by atoms with Gasteiger partial charge < -0.3 is 9.47 Å². The van der Waals surface area contributed by atoms with Crippen LogP contribution in [0, 0.1) is 12.7 Å². The van der Waals surface area contributed by atoms with E-state index in [0.29, 0.717) is 12.4 Å². The number of halogens is 1. The highest BCUT2D eigenvalue weighted by Crippen LogP contribution is 2.29. The van der Waals surface area contributed by atoms with E-state index in [0.717, 1.165) is 12.2 Å². The first-order valence-electron chi connectivity index (χ1n) is 6.35. The molecule has 0 aromatic heterocycles. The van der Waals surface area contributed by atoms with E-state index >= 15 is 0 Å². The molecule has 2 aromatic carbocycles. The van der Waals surface area contributed by atoms with Crippen LogP contribution in [0.3, 0.4) is 0 Å². The Bertz CT molecular complexity index is 578. The monoisotopic (exact) mass is 258 g/mol. The third-order valence-electron chi connectivity index (χ3n) is 3.21. The maximum atomic E-state index is 12.8. The van der Waals surface area contributed by atoms with Crippen LogP contribution in [0.25, 0.3) is 0 Å². The van der Waals surface area contributed by atoms with Gasteiger partial charge in [0.15, 0.2) is 0 Å². The first-order valence-corrected chi connectivity index (χ1v) is 6.35. The van der Waals surface area contributed by atoms with Crippen LogP contribution < -0.4 is 9.47 Å². The molecular weight excluding hydrogens is 243 g/mol. The molecule has 0 spiro atoms. The topological polar surface area (TPSA) is 18.5 Å². The zero-order chi connectivity index (χ0) is 13.2. The van der Waals surface area contributed by atoms with Crippen molar-refractivity contribution < 1.29 is 13.9 Å². The minimum absolute atomic E-state index is 0.0295. The lowest BCUT2D eigenvalue weighted by Gasteiger charge is -2.12. The summed E-state index contributed by atoms with van der Waals surface area (Å²) >= 11 is 0. The van der Waals surface area contributed by atoms with Gasteiger partial charge >= 0.3 is 0 Å². The van der Waals surface area contributed by atoms with E-state index in [1.54, 1.807) is 12.1 Å². The van der Waals surface area contributed by atoms with E-state index in [1.807, 2.05) is 12.1 Å². The van der Waals surface area contributed by atoms with Crippen LogP contribution in [0.4, 0.5) is 4.39 Å². The Morgan fingerprint density at radius 1 is 1.21 bits per heavy atom. The molecule has 0 amide bonds. The molecule has 3 heteroatoms. The summed E-state index contributed by atoms with van der Waals surface area (Å²) in [6, 6.07) is 12.2. The third-order valence-corrected chi connectivity index (χ3v) is 3.21. The second-order valence-corrected chi connectivity index (χ2v) is 4.82. The minimum atomic E-state index is -0.257. The summed E-state index contributed by atoms with van der Waals surface area (Å²) in [5.41, 5.74) is 2.47. The molecular formula is C16H15FO2. The van der Waals surface area contributed by atoms with Crippen molar-refractivity contribution in [3.63, 3.8) is 0 Å². The summed E-state index contributed by atoms with van der Waals surface area (Å²) in [5, 5.41) is 0. The predicted molar refractivity (Wildman–Crippen MR) is 71.2 cm³/mol. The Labute approximate surface area is 111 Å². The molecule has 0 N–H and O–H groups in total. The quantitative estimate of drug-likeness (QED) is 0.838. The second-order valence-electron chi connectivity index (χ2n) is 4.82. The number of ether oxygens (including phenoxy) is 2. The number of hydrogen-bond donors (Lipinski definition) is 0. The summed E-state index contributed by atoms with van der Waals surface area (Å²) in [4.78, 5) is 0. The van der Waals surface area contributed by atoms with Gasteiger partial charge in [-0.3, -0.25) is 0 Å². The number of aryl methyl sites for hydroxylation is 1. The van der Waals surface area contributed by atoms with Crippen LogP contribution in [0.2, 0.25) is 0 Å². The van der Waals surface area contributed by atoms with Crippen molar-refractivity contribution in [3.05, 3.63) is 59.4 Å². The molecule has 2 nitrogen and oxygen atoms in total. The summed E-state index contributed by atoms with van der Waals surface area (Å²) in [6.45, 7) is 2.54. The molecule has 0 saturated carbocycles. The molecule has 0 radical (unpaired) electrons. The van der Waals surface area contributed by atoms with E-state index in [1.165, 1.54) is 23.3 Å². The molecule has 2 aromatic rings. The Kier molecular flexibility index (Phi) is 3.11.